The Bertz CT molecular complexity index is 219. The minimum Gasteiger partial charge on any atom is -0.392 e. The smallest absolute Gasteiger partial charge is 0.0630 e. The van der Waals surface area contributed by atoms with Crippen molar-refractivity contribution in [2.24, 2.45) is 22.7 Å². The van der Waals surface area contributed by atoms with Crippen molar-refractivity contribution < 1.29 is 5.11 Å². The van der Waals surface area contributed by atoms with Gasteiger partial charge in [-0.25, -0.2) is 0 Å². The molecule has 0 saturated heterocycles. The lowest BCUT2D eigenvalue weighted by molar-refractivity contribution is 0.0406. The van der Waals surface area contributed by atoms with E-state index < -0.39 is 0 Å². The summed E-state index contributed by atoms with van der Waals surface area (Å²) in [7, 11) is 0. The van der Waals surface area contributed by atoms with Crippen molar-refractivity contribution in [2.75, 3.05) is 0 Å². The van der Waals surface area contributed by atoms with Crippen molar-refractivity contribution in [3.63, 3.8) is 0 Å². The Labute approximate surface area is 102 Å². The van der Waals surface area contributed by atoms with Crippen molar-refractivity contribution in [1.29, 1.82) is 0 Å². The normalized spacial score (nSPS) is 40.1. The number of hydrogen-bond acceptors (Lipinski definition) is 1. The Morgan fingerprint density at radius 2 is 1.71 bits per heavy atom. The minimum atomic E-state index is -0.159. The van der Waals surface area contributed by atoms with Gasteiger partial charge in [0.1, 0.15) is 0 Å². The van der Waals surface area contributed by atoms with E-state index in [2.05, 4.69) is 64.1 Å². The molecule has 0 amide bonds. The first-order valence-corrected chi connectivity index (χ1v) is 6.70. The molecule has 0 bridgehead atoms. The summed E-state index contributed by atoms with van der Waals surface area (Å²) in [5, 5.41) is 10.2. The highest BCUT2D eigenvalue weighted by Crippen LogP contribution is 2.67. The molecule has 0 spiro atoms. The average molecular weight is 310 g/mol. The lowest BCUT2D eigenvalue weighted by Gasteiger charge is -2.27. The highest BCUT2D eigenvalue weighted by molar-refractivity contribution is 14.1. The van der Waals surface area contributed by atoms with Crippen molar-refractivity contribution in [3.8, 4) is 0 Å². The maximum absolute atomic E-state index is 10.2. The molecule has 1 aliphatic carbocycles. The van der Waals surface area contributed by atoms with E-state index in [0.717, 1.165) is 0 Å². The largest absolute Gasteiger partial charge is 0.392 e. The van der Waals surface area contributed by atoms with Crippen LogP contribution in [-0.4, -0.2) is 15.1 Å². The van der Waals surface area contributed by atoms with E-state index in [9.17, 15) is 5.11 Å². The van der Waals surface area contributed by atoms with Crippen LogP contribution in [0.25, 0.3) is 0 Å². The Morgan fingerprint density at radius 3 is 1.93 bits per heavy atom. The van der Waals surface area contributed by atoms with Crippen molar-refractivity contribution in [3.05, 3.63) is 0 Å². The van der Waals surface area contributed by atoms with E-state index in [1.807, 2.05) is 0 Å². The third-order valence-electron chi connectivity index (χ3n) is 3.65. The van der Waals surface area contributed by atoms with Crippen LogP contribution in [0.2, 0.25) is 0 Å². The fourth-order valence-corrected chi connectivity index (χ4v) is 5.32. The molecule has 0 aromatic carbocycles. The standard InChI is InChI=1S/C12H23IO/c1-7(2)10(14)12(6)8(9(12)13)11(3,4)5/h7-10,14H,1-6H3/t8-,9+,10+,12-/m0/s1. The van der Waals surface area contributed by atoms with Crippen LogP contribution in [0.1, 0.15) is 41.5 Å². The third-order valence-corrected chi connectivity index (χ3v) is 5.71. The minimum absolute atomic E-state index is 0.132. The molecular weight excluding hydrogens is 287 g/mol. The quantitative estimate of drug-likeness (QED) is 0.611. The Hall–Kier alpha value is 0.690. The summed E-state index contributed by atoms with van der Waals surface area (Å²) in [4.78, 5) is 0. The van der Waals surface area contributed by atoms with E-state index in [4.69, 9.17) is 0 Å². The molecule has 1 aliphatic rings. The molecule has 14 heavy (non-hydrogen) atoms. The van der Waals surface area contributed by atoms with Gasteiger partial charge in [0.25, 0.3) is 0 Å². The van der Waals surface area contributed by atoms with Crippen LogP contribution in [0.3, 0.4) is 0 Å². The molecule has 0 radical (unpaired) electrons. The maximum Gasteiger partial charge on any atom is 0.0630 e. The van der Waals surface area contributed by atoms with E-state index >= 15 is 0 Å². The molecule has 0 aromatic rings. The molecule has 1 fully saturated rings. The van der Waals surface area contributed by atoms with Gasteiger partial charge in [-0.05, 0) is 17.3 Å². The molecule has 0 aliphatic heterocycles. The van der Waals surface area contributed by atoms with Crippen LogP contribution in [-0.2, 0) is 0 Å². The number of halogens is 1. The van der Waals surface area contributed by atoms with Gasteiger partial charge in [0.2, 0.25) is 0 Å². The second kappa shape index (κ2) is 3.62. The maximum atomic E-state index is 10.2. The summed E-state index contributed by atoms with van der Waals surface area (Å²) in [5.41, 5.74) is 0.448. The van der Waals surface area contributed by atoms with Crippen LogP contribution < -0.4 is 0 Å². The molecule has 0 heterocycles. The summed E-state index contributed by atoms with van der Waals surface area (Å²) in [6.07, 6.45) is -0.159. The lowest BCUT2D eigenvalue weighted by atomic mass is 9.80. The van der Waals surface area contributed by atoms with Gasteiger partial charge in [0.15, 0.2) is 0 Å². The predicted octanol–water partition coefficient (Wildman–Crippen LogP) is 3.49. The van der Waals surface area contributed by atoms with E-state index in [0.29, 0.717) is 21.2 Å². The van der Waals surface area contributed by atoms with Crippen LogP contribution in [0.4, 0.5) is 0 Å². The van der Waals surface area contributed by atoms with Gasteiger partial charge < -0.3 is 5.11 Å². The fraction of sp³-hybridized carbons (Fsp3) is 1.00. The SMILES string of the molecule is CC(C)[C@@H](O)[C@]1(C)[C@H](I)[C@H]1C(C)(C)C. The Balaban J connectivity index is 2.81. The molecule has 84 valence electrons. The number of alkyl halides is 1. The molecular formula is C12H23IO. The summed E-state index contributed by atoms with van der Waals surface area (Å²) < 4.78 is 0.623. The van der Waals surface area contributed by atoms with Gasteiger partial charge >= 0.3 is 0 Å². The molecule has 1 N–H and O–H groups in total. The molecule has 0 unspecified atom stereocenters. The molecule has 1 saturated carbocycles. The second-order valence-corrected chi connectivity index (χ2v) is 7.64. The number of aliphatic hydroxyl groups is 1. The van der Waals surface area contributed by atoms with E-state index in [1.54, 1.807) is 0 Å². The second-order valence-electron chi connectivity index (χ2n) is 6.30. The molecule has 2 heteroatoms. The zero-order valence-electron chi connectivity index (χ0n) is 10.1. The van der Waals surface area contributed by atoms with Gasteiger partial charge in [-0.2, -0.15) is 0 Å². The highest BCUT2D eigenvalue weighted by atomic mass is 127. The molecule has 1 rings (SSSR count). The molecule has 1 nitrogen and oxygen atoms in total. The zero-order chi connectivity index (χ0) is 11.3. The van der Waals surface area contributed by atoms with Gasteiger partial charge in [-0.1, -0.05) is 64.1 Å². The van der Waals surface area contributed by atoms with Crippen LogP contribution in [0.15, 0.2) is 0 Å². The summed E-state index contributed by atoms with van der Waals surface area (Å²) in [6.45, 7) is 13.3. The lowest BCUT2D eigenvalue weighted by Crippen LogP contribution is -2.30. The zero-order valence-corrected chi connectivity index (χ0v) is 12.3. The van der Waals surface area contributed by atoms with E-state index in [-0.39, 0.29) is 11.5 Å². The van der Waals surface area contributed by atoms with Crippen LogP contribution >= 0.6 is 22.6 Å². The van der Waals surface area contributed by atoms with Crippen molar-refractivity contribution in [1.82, 2.24) is 0 Å². The summed E-state index contributed by atoms with van der Waals surface area (Å²) >= 11 is 2.51. The first-order valence-electron chi connectivity index (χ1n) is 5.45. The summed E-state index contributed by atoms with van der Waals surface area (Å²) in [5.74, 6) is 1.01. The monoisotopic (exact) mass is 310 g/mol. The summed E-state index contributed by atoms with van der Waals surface area (Å²) in [6, 6.07) is 0. The predicted molar refractivity (Wildman–Crippen MR) is 69.7 cm³/mol. The number of rotatable bonds is 2. The third kappa shape index (κ3) is 1.84. The van der Waals surface area contributed by atoms with Gasteiger partial charge in [0.05, 0.1) is 6.10 Å². The van der Waals surface area contributed by atoms with E-state index in [1.165, 1.54) is 0 Å². The molecule has 0 aromatic heterocycles. The number of hydrogen-bond donors (Lipinski definition) is 1. The fourth-order valence-electron chi connectivity index (χ4n) is 2.92. The first-order chi connectivity index (χ1) is 6.13. The highest BCUT2D eigenvalue weighted by Gasteiger charge is 2.67. The average Bonchev–Trinajstić information content (AvgIpc) is 2.53. The van der Waals surface area contributed by atoms with Gasteiger partial charge in [-0.3, -0.25) is 0 Å². The van der Waals surface area contributed by atoms with Crippen LogP contribution in [0.5, 0.6) is 0 Å². The Morgan fingerprint density at radius 1 is 1.29 bits per heavy atom. The number of aliphatic hydroxyl groups excluding tert-OH is 1. The van der Waals surface area contributed by atoms with Gasteiger partial charge in [0, 0.05) is 9.34 Å². The van der Waals surface area contributed by atoms with Crippen molar-refractivity contribution >= 4 is 22.6 Å². The molecule has 4 atom stereocenters. The van der Waals surface area contributed by atoms with Crippen LogP contribution in [0, 0.1) is 22.7 Å². The van der Waals surface area contributed by atoms with Crippen molar-refractivity contribution in [2.45, 2.75) is 51.6 Å². The van der Waals surface area contributed by atoms with Gasteiger partial charge in [-0.15, -0.1) is 0 Å². The topological polar surface area (TPSA) is 20.2 Å². The Kier molecular flexibility index (Phi) is 3.30. The first kappa shape index (κ1) is 12.8.